The first-order valence-electron chi connectivity index (χ1n) is 4.79. The molecule has 15 heavy (non-hydrogen) atoms. The van der Waals surface area contributed by atoms with E-state index < -0.39 is 0 Å². The van der Waals surface area contributed by atoms with Crippen LogP contribution in [0.3, 0.4) is 0 Å². The van der Waals surface area contributed by atoms with Crippen molar-refractivity contribution in [2.24, 2.45) is 0 Å². The van der Waals surface area contributed by atoms with Crippen molar-refractivity contribution in [3.05, 3.63) is 52.5 Å². The van der Waals surface area contributed by atoms with Gasteiger partial charge in [0.25, 0.3) is 0 Å². The Kier molecular flexibility index (Phi) is 2.78. The lowest BCUT2D eigenvalue weighted by Crippen LogP contribution is -1.91. The van der Waals surface area contributed by atoms with Crippen LogP contribution in [-0.2, 0) is 0 Å². The smallest absolute Gasteiger partial charge is 0.0405 e. The van der Waals surface area contributed by atoms with Gasteiger partial charge in [-0.3, -0.25) is 0 Å². The van der Waals surface area contributed by atoms with Crippen LogP contribution in [0.4, 0.5) is 5.69 Å². The van der Waals surface area contributed by atoms with Crippen LogP contribution in [0.25, 0.3) is 11.1 Å². The van der Waals surface area contributed by atoms with Gasteiger partial charge in [0, 0.05) is 15.7 Å². The number of anilines is 1. The fourth-order valence-corrected chi connectivity index (χ4v) is 2.03. The predicted octanol–water partition coefficient (Wildman–Crippen LogP) is 4.01. The summed E-state index contributed by atoms with van der Waals surface area (Å²) in [6.07, 6.45) is 0. The van der Waals surface area contributed by atoms with E-state index in [2.05, 4.69) is 35.0 Å². The molecular weight excluding hydrogens is 250 g/mol. The monoisotopic (exact) mass is 261 g/mol. The normalized spacial score (nSPS) is 10.3. The zero-order valence-electron chi connectivity index (χ0n) is 8.50. The van der Waals surface area contributed by atoms with Crippen molar-refractivity contribution in [2.75, 3.05) is 5.73 Å². The molecule has 2 N–H and O–H groups in total. The first kappa shape index (κ1) is 10.2. The van der Waals surface area contributed by atoms with Crippen molar-refractivity contribution in [2.45, 2.75) is 6.92 Å². The summed E-state index contributed by atoms with van der Waals surface area (Å²) in [6, 6.07) is 14.2. The fourth-order valence-electron chi connectivity index (χ4n) is 1.65. The third kappa shape index (κ3) is 2.05. The number of rotatable bonds is 1. The van der Waals surface area contributed by atoms with Crippen LogP contribution in [0.2, 0.25) is 0 Å². The summed E-state index contributed by atoms with van der Waals surface area (Å²) in [5, 5.41) is 0. The van der Waals surface area contributed by atoms with Gasteiger partial charge in [0.05, 0.1) is 0 Å². The van der Waals surface area contributed by atoms with E-state index in [0.29, 0.717) is 0 Å². The van der Waals surface area contributed by atoms with Gasteiger partial charge in [-0.15, -0.1) is 0 Å². The summed E-state index contributed by atoms with van der Waals surface area (Å²) in [6.45, 7) is 2.09. The highest BCUT2D eigenvalue weighted by molar-refractivity contribution is 9.10. The molecule has 2 aromatic carbocycles. The highest BCUT2D eigenvalue weighted by Crippen LogP contribution is 2.30. The van der Waals surface area contributed by atoms with E-state index in [4.69, 9.17) is 5.73 Å². The lowest BCUT2D eigenvalue weighted by Gasteiger charge is -2.09. The van der Waals surface area contributed by atoms with E-state index in [1.165, 1.54) is 11.1 Å². The van der Waals surface area contributed by atoms with Crippen LogP contribution < -0.4 is 5.73 Å². The average molecular weight is 262 g/mol. The van der Waals surface area contributed by atoms with E-state index >= 15 is 0 Å². The molecular formula is C13H12BrN. The number of aryl methyl sites for hydroxylation is 1. The minimum Gasteiger partial charge on any atom is -0.398 e. The quantitative estimate of drug-likeness (QED) is 0.772. The molecule has 1 nitrogen and oxygen atoms in total. The van der Waals surface area contributed by atoms with E-state index in [9.17, 15) is 0 Å². The maximum absolute atomic E-state index is 5.99. The number of benzene rings is 2. The van der Waals surface area contributed by atoms with E-state index in [1.807, 2.05) is 30.3 Å². The van der Waals surface area contributed by atoms with Gasteiger partial charge in [-0.25, -0.2) is 0 Å². The minimum absolute atomic E-state index is 0.804. The maximum Gasteiger partial charge on any atom is 0.0405 e. The second-order valence-electron chi connectivity index (χ2n) is 3.55. The number of nitrogen functional groups attached to an aromatic ring is 1. The van der Waals surface area contributed by atoms with Crippen molar-refractivity contribution >= 4 is 21.6 Å². The fraction of sp³-hybridized carbons (Fsp3) is 0.0769. The summed E-state index contributed by atoms with van der Waals surface area (Å²) in [5.41, 5.74) is 10.3. The zero-order valence-corrected chi connectivity index (χ0v) is 10.1. The van der Waals surface area contributed by atoms with Crippen LogP contribution in [0.1, 0.15) is 5.56 Å². The Morgan fingerprint density at radius 2 is 1.73 bits per heavy atom. The Labute approximate surface area is 98.1 Å². The second-order valence-corrected chi connectivity index (χ2v) is 4.46. The summed E-state index contributed by atoms with van der Waals surface area (Å²) < 4.78 is 1.01. The van der Waals surface area contributed by atoms with E-state index in [-0.39, 0.29) is 0 Å². The summed E-state index contributed by atoms with van der Waals surface area (Å²) in [4.78, 5) is 0. The number of hydrogen-bond acceptors (Lipinski definition) is 1. The molecule has 0 aliphatic heterocycles. The van der Waals surface area contributed by atoms with Crippen LogP contribution in [0, 0.1) is 6.92 Å². The predicted molar refractivity (Wildman–Crippen MR) is 68.7 cm³/mol. The Morgan fingerprint density at radius 3 is 2.40 bits per heavy atom. The molecule has 0 saturated heterocycles. The second kappa shape index (κ2) is 4.07. The van der Waals surface area contributed by atoms with Gasteiger partial charge >= 0.3 is 0 Å². The van der Waals surface area contributed by atoms with Gasteiger partial charge in [-0.2, -0.15) is 0 Å². The van der Waals surface area contributed by atoms with Gasteiger partial charge < -0.3 is 5.73 Å². The lowest BCUT2D eigenvalue weighted by molar-refractivity contribution is 1.45. The minimum atomic E-state index is 0.804. The molecule has 2 rings (SSSR count). The summed E-state index contributed by atoms with van der Waals surface area (Å²) >= 11 is 3.41. The molecule has 0 aliphatic rings. The van der Waals surface area contributed by atoms with Crippen LogP contribution in [0.5, 0.6) is 0 Å². The number of nitrogens with two attached hydrogens (primary N) is 1. The largest absolute Gasteiger partial charge is 0.398 e. The van der Waals surface area contributed by atoms with E-state index in [0.717, 1.165) is 15.7 Å². The Balaban J connectivity index is 2.60. The molecule has 0 bridgehead atoms. The summed E-state index contributed by atoms with van der Waals surface area (Å²) in [5.74, 6) is 0. The van der Waals surface area contributed by atoms with Crippen LogP contribution in [-0.4, -0.2) is 0 Å². The standard InChI is InChI=1S/C13H12BrN/c1-9-4-2-3-5-11(9)12-7-6-10(14)8-13(12)15/h2-8H,15H2,1H3. The van der Waals surface area contributed by atoms with Crippen LogP contribution >= 0.6 is 15.9 Å². The van der Waals surface area contributed by atoms with Gasteiger partial charge in [0.2, 0.25) is 0 Å². The van der Waals surface area contributed by atoms with E-state index in [1.54, 1.807) is 0 Å². The molecule has 0 unspecified atom stereocenters. The molecule has 0 radical (unpaired) electrons. The first-order chi connectivity index (χ1) is 7.18. The molecule has 0 saturated carbocycles. The highest BCUT2D eigenvalue weighted by Gasteiger charge is 2.04. The Morgan fingerprint density at radius 1 is 1.00 bits per heavy atom. The molecule has 0 fully saturated rings. The molecule has 2 heteroatoms. The molecule has 0 atom stereocenters. The van der Waals surface area contributed by atoms with Crippen molar-refractivity contribution in [3.63, 3.8) is 0 Å². The van der Waals surface area contributed by atoms with Crippen LogP contribution in [0.15, 0.2) is 46.9 Å². The first-order valence-corrected chi connectivity index (χ1v) is 5.59. The topological polar surface area (TPSA) is 26.0 Å². The van der Waals surface area contributed by atoms with Crippen molar-refractivity contribution in [1.82, 2.24) is 0 Å². The molecule has 0 amide bonds. The maximum atomic E-state index is 5.99. The molecule has 2 aromatic rings. The lowest BCUT2D eigenvalue weighted by atomic mass is 9.99. The molecule has 0 heterocycles. The highest BCUT2D eigenvalue weighted by atomic mass is 79.9. The molecule has 0 spiro atoms. The molecule has 0 aromatic heterocycles. The summed E-state index contributed by atoms with van der Waals surface area (Å²) in [7, 11) is 0. The van der Waals surface area contributed by atoms with Crippen molar-refractivity contribution in [3.8, 4) is 11.1 Å². The Bertz CT molecular complexity index is 492. The molecule has 76 valence electrons. The average Bonchev–Trinajstić information content (AvgIpc) is 2.20. The number of halogens is 1. The van der Waals surface area contributed by atoms with Gasteiger partial charge in [0.15, 0.2) is 0 Å². The Hall–Kier alpha value is -1.28. The molecule has 0 aliphatic carbocycles. The van der Waals surface area contributed by atoms with Gasteiger partial charge in [0.1, 0.15) is 0 Å². The van der Waals surface area contributed by atoms with Gasteiger partial charge in [-0.05, 0) is 30.2 Å². The van der Waals surface area contributed by atoms with Crippen molar-refractivity contribution in [1.29, 1.82) is 0 Å². The van der Waals surface area contributed by atoms with Gasteiger partial charge in [-0.1, -0.05) is 46.3 Å². The third-order valence-electron chi connectivity index (χ3n) is 2.45. The third-order valence-corrected chi connectivity index (χ3v) is 2.94. The SMILES string of the molecule is Cc1ccccc1-c1ccc(Br)cc1N. The number of hydrogen-bond donors (Lipinski definition) is 1. The zero-order chi connectivity index (χ0) is 10.8. The van der Waals surface area contributed by atoms with Crippen molar-refractivity contribution < 1.29 is 0 Å².